The maximum atomic E-state index is 12.9. The second-order valence-electron chi connectivity index (χ2n) is 5.53. The zero-order chi connectivity index (χ0) is 18.1. The van der Waals surface area contributed by atoms with E-state index in [1.807, 2.05) is 54.1 Å². The van der Waals surface area contributed by atoms with Crippen molar-refractivity contribution in [3.05, 3.63) is 71.2 Å². The molecule has 1 aliphatic rings. The van der Waals surface area contributed by atoms with E-state index in [0.29, 0.717) is 10.5 Å². The van der Waals surface area contributed by atoms with Gasteiger partial charge in [-0.3, -0.25) is 9.59 Å². The number of carbonyl (C=O) groups is 2. The fraction of sp³-hybridized carbons (Fsp3) is 0.0556. The van der Waals surface area contributed by atoms with Crippen LogP contribution in [0.3, 0.4) is 0 Å². The monoisotopic (exact) mass is 363 g/mol. The highest BCUT2D eigenvalue weighted by atomic mass is 32.1. The maximum absolute atomic E-state index is 12.9. The van der Waals surface area contributed by atoms with E-state index in [1.54, 1.807) is 12.1 Å². The summed E-state index contributed by atoms with van der Waals surface area (Å²) in [5.74, 6) is -1.06. The fourth-order valence-corrected chi connectivity index (χ4v) is 3.55. The van der Waals surface area contributed by atoms with Gasteiger partial charge in [-0.15, -0.1) is 15.3 Å². The second kappa shape index (κ2) is 6.49. The molecule has 26 heavy (non-hydrogen) atoms. The molecule has 4 rings (SSSR count). The average Bonchev–Trinajstić information content (AvgIpc) is 3.24. The van der Waals surface area contributed by atoms with Crippen LogP contribution in [0.4, 0.5) is 5.69 Å². The van der Waals surface area contributed by atoms with Crippen LogP contribution in [0.25, 0.3) is 10.2 Å². The van der Waals surface area contributed by atoms with Crippen LogP contribution >= 0.6 is 11.3 Å². The molecule has 0 aliphatic carbocycles. The number of benzene rings is 2. The Morgan fingerprint density at radius 2 is 1.81 bits per heavy atom. The van der Waals surface area contributed by atoms with E-state index in [0.717, 1.165) is 16.3 Å². The van der Waals surface area contributed by atoms with Crippen molar-refractivity contribution in [3.8, 4) is 0 Å². The van der Waals surface area contributed by atoms with Crippen LogP contribution in [0, 0.1) is 0 Å². The first-order valence-corrected chi connectivity index (χ1v) is 8.61. The molecule has 2 aromatic carbocycles. The number of hydrogen-bond donors (Lipinski definition) is 0. The lowest BCUT2D eigenvalue weighted by molar-refractivity contribution is -0.116. The van der Waals surface area contributed by atoms with Gasteiger partial charge in [0.15, 0.2) is 5.70 Å². The zero-order valence-corrected chi connectivity index (χ0v) is 14.6. The van der Waals surface area contributed by atoms with Crippen molar-refractivity contribution in [2.45, 2.75) is 0 Å². The number of thiazole rings is 1. The molecule has 0 saturated carbocycles. The second-order valence-corrected chi connectivity index (χ2v) is 6.54. The third-order valence-corrected chi connectivity index (χ3v) is 4.93. The summed E-state index contributed by atoms with van der Waals surface area (Å²) in [6.45, 7) is 0. The number of fused-ring (bicyclic) bond motifs is 1. The van der Waals surface area contributed by atoms with E-state index >= 15 is 0 Å². The Labute approximate surface area is 152 Å². The van der Waals surface area contributed by atoms with Crippen molar-refractivity contribution in [3.63, 3.8) is 0 Å². The third-order valence-electron chi connectivity index (χ3n) is 3.83. The minimum absolute atomic E-state index is 0.0358. The van der Waals surface area contributed by atoms with E-state index < -0.39 is 11.8 Å². The molecule has 0 bridgehead atoms. The highest BCUT2D eigenvalue weighted by molar-refractivity contribution is 7.16. The molecule has 1 aromatic heterocycles. The molecular weight excluding hydrogens is 350 g/mol. The van der Waals surface area contributed by atoms with Gasteiger partial charge in [0.05, 0.1) is 15.9 Å². The van der Waals surface area contributed by atoms with Crippen molar-refractivity contribution in [2.24, 2.45) is 22.4 Å². The molecular formula is C18H13N5O2S. The molecule has 0 N–H and O–H groups in total. The number of hydrogen-bond acceptors (Lipinski definition) is 5. The first-order valence-electron chi connectivity index (χ1n) is 7.79. The molecule has 2 heterocycles. The molecule has 0 spiro atoms. The Hall–Kier alpha value is -3.39. The van der Waals surface area contributed by atoms with E-state index in [4.69, 9.17) is 0 Å². The number of anilines is 1. The summed E-state index contributed by atoms with van der Waals surface area (Å²) in [5, 5.41) is 12.8. The summed E-state index contributed by atoms with van der Waals surface area (Å²) in [5.41, 5.74) is 1.56. The standard InChI is InChI=1S/C18H13N5O2S/c1-22-14-9-5-6-10-15(14)26-18(22)21-23(12-7-3-2-4-8-12)17(25)13-11-16(24)20-19-13/h2-11H,1H3. The first-order chi connectivity index (χ1) is 12.6. The molecule has 8 heteroatoms. The van der Waals surface area contributed by atoms with Crippen LogP contribution in [0.5, 0.6) is 0 Å². The molecule has 7 nitrogen and oxygen atoms in total. The van der Waals surface area contributed by atoms with Gasteiger partial charge in [-0.05, 0) is 24.3 Å². The quantitative estimate of drug-likeness (QED) is 0.671. The van der Waals surface area contributed by atoms with Crippen molar-refractivity contribution in [1.29, 1.82) is 0 Å². The van der Waals surface area contributed by atoms with Crippen LogP contribution in [0.15, 0.2) is 81.7 Å². The Balaban J connectivity index is 1.87. The van der Waals surface area contributed by atoms with Gasteiger partial charge in [0, 0.05) is 13.1 Å². The minimum Gasteiger partial charge on any atom is -0.318 e. The number of azo groups is 1. The number of aromatic nitrogens is 1. The minimum atomic E-state index is -0.547. The lowest BCUT2D eigenvalue weighted by Crippen LogP contribution is -2.30. The number of carbonyl (C=O) groups excluding carboxylic acids is 2. The fourth-order valence-electron chi connectivity index (χ4n) is 2.54. The van der Waals surface area contributed by atoms with E-state index in [1.165, 1.54) is 16.3 Å². The SMILES string of the molecule is Cn1c(=NN(C(=O)C2=CC(=O)N=N2)c2ccccc2)sc2ccccc21. The third kappa shape index (κ3) is 2.86. The van der Waals surface area contributed by atoms with Crippen LogP contribution < -0.4 is 9.81 Å². The van der Waals surface area contributed by atoms with Gasteiger partial charge < -0.3 is 4.57 Å². The predicted octanol–water partition coefficient (Wildman–Crippen LogP) is 2.97. The van der Waals surface area contributed by atoms with Gasteiger partial charge in [-0.2, -0.15) is 5.01 Å². The zero-order valence-electron chi connectivity index (χ0n) is 13.7. The largest absolute Gasteiger partial charge is 0.318 e. The van der Waals surface area contributed by atoms with Crippen LogP contribution in [-0.4, -0.2) is 16.4 Å². The van der Waals surface area contributed by atoms with Crippen molar-refractivity contribution in [1.82, 2.24) is 4.57 Å². The molecule has 0 unspecified atom stereocenters. The summed E-state index contributed by atoms with van der Waals surface area (Å²) < 4.78 is 2.98. The topological polar surface area (TPSA) is 79.4 Å². The van der Waals surface area contributed by atoms with Gasteiger partial charge >= 0.3 is 0 Å². The Bertz CT molecular complexity index is 1140. The molecule has 2 amide bonds. The maximum Gasteiger partial charge on any atom is 0.299 e. The first kappa shape index (κ1) is 16.1. The molecule has 0 radical (unpaired) electrons. The van der Waals surface area contributed by atoms with Gasteiger partial charge in [0.25, 0.3) is 11.8 Å². The molecule has 0 fully saturated rings. The van der Waals surface area contributed by atoms with Gasteiger partial charge in [-0.25, -0.2) is 0 Å². The smallest absolute Gasteiger partial charge is 0.299 e. The number of amides is 2. The molecule has 3 aromatic rings. The Morgan fingerprint density at radius 1 is 1.08 bits per heavy atom. The molecule has 0 saturated heterocycles. The molecule has 128 valence electrons. The van der Waals surface area contributed by atoms with Crippen LogP contribution in [-0.2, 0) is 16.6 Å². The van der Waals surface area contributed by atoms with Crippen LogP contribution in [0.2, 0.25) is 0 Å². The highest BCUT2D eigenvalue weighted by Crippen LogP contribution is 2.20. The Kier molecular flexibility index (Phi) is 4.02. The number of rotatable bonds is 3. The van der Waals surface area contributed by atoms with Crippen molar-refractivity contribution in [2.75, 3.05) is 5.01 Å². The average molecular weight is 363 g/mol. The van der Waals surface area contributed by atoms with E-state index in [-0.39, 0.29) is 5.70 Å². The van der Waals surface area contributed by atoms with E-state index in [9.17, 15) is 9.59 Å². The summed E-state index contributed by atoms with van der Waals surface area (Å²) in [4.78, 5) is 24.8. The van der Waals surface area contributed by atoms with Crippen molar-refractivity contribution < 1.29 is 9.59 Å². The Morgan fingerprint density at radius 3 is 2.50 bits per heavy atom. The summed E-state index contributed by atoms with van der Waals surface area (Å²) in [6, 6.07) is 16.9. The summed E-state index contributed by atoms with van der Waals surface area (Å²) >= 11 is 1.47. The summed E-state index contributed by atoms with van der Waals surface area (Å²) in [6.07, 6.45) is 1.11. The lowest BCUT2D eigenvalue weighted by atomic mass is 10.3. The normalized spacial score (nSPS) is 14.1. The van der Waals surface area contributed by atoms with E-state index in [2.05, 4.69) is 15.3 Å². The van der Waals surface area contributed by atoms with Gasteiger partial charge in [0.1, 0.15) is 0 Å². The number of para-hydroxylation sites is 2. The highest BCUT2D eigenvalue weighted by Gasteiger charge is 2.24. The predicted molar refractivity (Wildman–Crippen MR) is 98.2 cm³/mol. The van der Waals surface area contributed by atoms with Gasteiger partial charge in [-0.1, -0.05) is 41.7 Å². The number of aryl methyl sites for hydroxylation is 1. The molecule has 1 aliphatic heterocycles. The molecule has 0 atom stereocenters. The lowest BCUT2D eigenvalue weighted by Gasteiger charge is -2.15. The van der Waals surface area contributed by atoms with Crippen molar-refractivity contribution >= 4 is 39.1 Å². The van der Waals surface area contributed by atoms with Crippen LogP contribution in [0.1, 0.15) is 0 Å². The van der Waals surface area contributed by atoms with Gasteiger partial charge in [0.2, 0.25) is 4.80 Å². The number of nitrogens with zero attached hydrogens (tertiary/aromatic N) is 5. The summed E-state index contributed by atoms with van der Waals surface area (Å²) in [7, 11) is 1.89.